The van der Waals surface area contributed by atoms with Crippen LogP contribution in [0.5, 0.6) is 0 Å². The summed E-state index contributed by atoms with van der Waals surface area (Å²) in [4.78, 5) is 17.4. The molecule has 0 aliphatic heterocycles. The number of aliphatic carboxylic acids is 1. The summed E-state index contributed by atoms with van der Waals surface area (Å²) in [5.74, 6) is -0.412. The molecule has 4 heteroatoms. The van der Waals surface area contributed by atoms with Crippen LogP contribution in [0.1, 0.15) is 5.82 Å². The minimum Gasteiger partial charge on any atom is -0.481 e. The van der Waals surface area contributed by atoms with Crippen LogP contribution in [0.2, 0.25) is 0 Å². The standard InChI is InChI=1S/C11H10N2O2/c14-11(15)6-10-12-7-9(13-10)8-4-2-1-3-5-8/h1-5,7H,6H2,(H,12,13)(H,14,15). The number of hydrogen-bond donors (Lipinski definition) is 2. The van der Waals surface area contributed by atoms with Crippen LogP contribution in [0.4, 0.5) is 0 Å². The highest BCUT2D eigenvalue weighted by atomic mass is 16.4. The van der Waals surface area contributed by atoms with Crippen LogP contribution in [-0.4, -0.2) is 21.0 Å². The first-order chi connectivity index (χ1) is 7.25. The van der Waals surface area contributed by atoms with Crippen LogP contribution >= 0.6 is 0 Å². The van der Waals surface area contributed by atoms with Gasteiger partial charge in [0.05, 0.1) is 11.9 Å². The van der Waals surface area contributed by atoms with E-state index in [2.05, 4.69) is 9.97 Å². The highest BCUT2D eigenvalue weighted by Crippen LogP contribution is 2.15. The molecule has 0 aliphatic carbocycles. The lowest BCUT2D eigenvalue weighted by atomic mass is 10.2. The van der Waals surface area contributed by atoms with Gasteiger partial charge in [0.1, 0.15) is 12.2 Å². The lowest BCUT2D eigenvalue weighted by Gasteiger charge is -1.95. The fourth-order valence-corrected chi connectivity index (χ4v) is 1.36. The fourth-order valence-electron chi connectivity index (χ4n) is 1.36. The minimum absolute atomic E-state index is 0.0766. The Hall–Kier alpha value is -2.10. The van der Waals surface area contributed by atoms with E-state index in [1.165, 1.54) is 0 Å². The van der Waals surface area contributed by atoms with Gasteiger partial charge < -0.3 is 10.1 Å². The molecular weight excluding hydrogens is 192 g/mol. The van der Waals surface area contributed by atoms with Crippen LogP contribution in [-0.2, 0) is 11.2 Å². The van der Waals surface area contributed by atoms with Crippen molar-refractivity contribution in [3.05, 3.63) is 42.4 Å². The number of carboxylic acids is 1. The van der Waals surface area contributed by atoms with Crippen LogP contribution in [0.15, 0.2) is 36.5 Å². The van der Waals surface area contributed by atoms with Gasteiger partial charge in [0.25, 0.3) is 0 Å². The third kappa shape index (κ3) is 2.22. The Morgan fingerprint density at radius 2 is 2.07 bits per heavy atom. The number of aromatic nitrogens is 2. The van der Waals surface area contributed by atoms with Crippen LogP contribution in [0.3, 0.4) is 0 Å². The molecule has 2 aromatic rings. The summed E-state index contributed by atoms with van der Waals surface area (Å²) in [7, 11) is 0. The minimum atomic E-state index is -0.885. The molecule has 76 valence electrons. The maximum atomic E-state index is 10.5. The van der Waals surface area contributed by atoms with Crippen molar-refractivity contribution < 1.29 is 9.90 Å². The monoisotopic (exact) mass is 202 g/mol. The van der Waals surface area contributed by atoms with Crippen LogP contribution in [0.25, 0.3) is 11.3 Å². The number of carboxylic acid groups (broad SMARTS) is 1. The second-order valence-electron chi connectivity index (χ2n) is 3.18. The van der Waals surface area contributed by atoms with E-state index < -0.39 is 5.97 Å². The Kier molecular flexibility index (Phi) is 2.49. The molecular formula is C11H10N2O2. The molecule has 0 radical (unpaired) electrons. The van der Waals surface area contributed by atoms with Gasteiger partial charge in [-0.25, -0.2) is 4.98 Å². The van der Waals surface area contributed by atoms with Crippen molar-refractivity contribution in [2.45, 2.75) is 6.42 Å². The summed E-state index contributed by atoms with van der Waals surface area (Å²) in [6, 6.07) is 9.66. The number of imidazole rings is 1. The molecule has 1 aromatic heterocycles. The van der Waals surface area contributed by atoms with E-state index in [4.69, 9.17) is 5.11 Å². The number of nitrogens with zero attached hydrogens (tertiary/aromatic N) is 1. The summed E-state index contributed by atoms with van der Waals surface area (Å²) < 4.78 is 0. The molecule has 1 heterocycles. The summed E-state index contributed by atoms with van der Waals surface area (Å²) in [6.45, 7) is 0. The van der Waals surface area contributed by atoms with Gasteiger partial charge >= 0.3 is 5.97 Å². The van der Waals surface area contributed by atoms with Crippen LogP contribution in [0, 0.1) is 0 Å². The first kappa shape index (κ1) is 9.45. The largest absolute Gasteiger partial charge is 0.481 e. The van der Waals surface area contributed by atoms with Crippen LogP contribution < -0.4 is 0 Å². The maximum Gasteiger partial charge on any atom is 0.311 e. The first-order valence-corrected chi connectivity index (χ1v) is 4.57. The average molecular weight is 202 g/mol. The molecule has 0 atom stereocenters. The van der Waals surface area contributed by atoms with Gasteiger partial charge in [-0.2, -0.15) is 0 Å². The zero-order chi connectivity index (χ0) is 10.7. The van der Waals surface area contributed by atoms with Gasteiger partial charge in [0.2, 0.25) is 0 Å². The topological polar surface area (TPSA) is 66.0 Å². The number of nitrogens with one attached hydrogen (secondary N) is 1. The number of hydrogen-bond acceptors (Lipinski definition) is 2. The SMILES string of the molecule is O=C(O)Cc1ncc(-c2ccccc2)[nH]1. The Morgan fingerprint density at radius 3 is 2.73 bits per heavy atom. The Bertz CT molecular complexity index is 462. The molecule has 1 aromatic carbocycles. The number of carbonyl (C=O) groups is 1. The molecule has 0 bridgehead atoms. The lowest BCUT2D eigenvalue weighted by Crippen LogP contribution is -2.01. The maximum absolute atomic E-state index is 10.5. The number of rotatable bonds is 3. The van der Waals surface area contributed by atoms with Gasteiger partial charge in [0, 0.05) is 0 Å². The van der Waals surface area contributed by atoms with E-state index in [1.807, 2.05) is 30.3 Å². The molecule has 0 spiro atoms. The molecule has 2 N–H and O–H groups in total. The van der Waals surface area contributed by atoms with Crippen molar-refractivity contribution in [3.63, 3.8) is 0 Å². The molecule has 2 rings (SSSR count). The smallest absolute Gasteiger partial charge is 0.311 e. The van der Waals surface area contributed by atoms with E-state index >= 15 is 0 Å². The summed E-state index contributed by atoms with van der Waals surface area (Å²) in [5.41, 5.74) is 1.84. The van der Waals surface area contributed by atoms with Gasteiger partial charge in [-0.15, -0.1) is 0 Å². The van der Waals surface area contributed by atoms with Crippen molar-refractivity contribution in [2.24, 2.45) is 0 Å². The van der Waals surface area contributed by atoms with E-state index in [-0.39, 0.29) is 6.42 Å². The predicted molar refractivity (Wildman–Crippen MR) is 55.4 cm³/mol. The van der Waals surface area contributed by atoms with Crippen molar-refractivity contribution in [1.29, 1.82) is 0 Å². The fraction of sp³-hybridized carbons (Fsp3) is 0.0909. The highest BCUT2D eigenvalue weighted by Gasteiger charge is 2.05. The van der Waals surface area contributed by atoms with E-state index in [0.29, 0.717) is 5.82 Å². The number of benzene rings is 1. The second-order valence-corrected chi connectivity index (χ2v) is 3.18. The Balaban J connectivity index is 2.24. The quantitative estimate of drug-likeness (QED) is 0.796. The molecule has 0 saturated carbocycles. The van der Waals surface area contributed by atoms with E-state index in [1.54, 1.807) is 6.20 Å². The normalized spacial score (nSPS) is 10.1. The van der Waals surface area contributed by atoms with Gasteiger partial charge in [-0.05, 0) is 5.56 Å². The van der Waals surface area contributed by atoms with Crippen molar-refractivity contribution in [2.75, 3.05) is 0 Å². The number of H-pyrrole nitrogens is 1. The predicted octanol–water partition coefficient (Wildman–Crippen LogP) is 1.70. The second kappa shape index (κ2) is 3.96. The molecule has 15 heavy (non-hydrogen) atoms. The van der Waals surface area contributed by atoms with E-state index in [0.717, 1.165) is 11.3 Å². The lowest BCUT2D eigenvalue weighted by molar-refractivity contribution is -0.136. The molecule has 4 nitrogen and oxygen atoms in total. The first-order valence-electron chi connectivity index (χ1n) is 4.57. The van der Waals surface area contributed by atoms with Crippen molar-refractivity contribution in [3.8, 4) is 11.3 Å². The third-order valence-electron chi connectivity index (χ3n) is 2.03. The molecule has 0 aliphatic rings. The van der Waals surface area contributed by atoms with Crippen molar-refractivity contribution >= 4 is 5.97 Å². The Morgan fingerprint density at radius 1 is 1.33 bits per heavy atom. The molecule has 0 amide bonds. The highest BCUT2D eigenvalue weighted by molar-refractivity contribution is 5.69. The summed E-state index contributed by atoms with van der Waals surface area (Å²) in [5, 5.41) is 8.59. The number of aromatic amines is 1. The molecule has 0 saturated heterocycles. The molecule has 0 fully saturated rings. The Labute approximate surface area is 86.6 Å². The van der Waals surface area contributed by atoms with Gasteiger partial charge in [0.15, 0.2) is 0 Å². The third-order valence-corrected chi connectivity index (χ3v) is 2.03. The van der Waals surface area contributed by atoms with Gasteiger partial charge in [-0.3, -0.25) is 4.79 Å². The van der Waals surface area contributed by atoms with Gasteiger partial charge in [-0.1, -0.05) is 30.3 Å². The molecule has 0 unspecified atom stereocenters. The van der Waals surface area contributed by atoms with E-state index in [9.17, 15) is 4.79 Å². The van der Waals surface area contributed by atoms with Crippen molar-refractivity contribution in [1.82, 2.24) is 9.97 Å². The average Bonchev–Trinajstić information content (AvgIpc) is 2.67. The zero-order valence-electron chi connectivity index (χ0n) is 7.97. The summed E-state index contributed by atoms with van der Waals surface area (Å²) >= 11 is 0. The zero-order valence-corrected chi connectivity index (χ0v) is 7.97. The summed E-state index contributed by atoms with van der Waals surface area (Å²) in [6.07, 6.45) is 1.57.